The molecular weight excluding hydrogens is 440 g/mol. The van der Waals surface area contributed by atoms with Gasteiger partial charge in [-0.2, -0.15) is 0 Å². The molecule has 28 heavy (non-hydrogen) atoms. The van der Waals surface area contributed by atoms with Crippen LogP contribution in [-0.2, 0) is 19.7 Å². The summed E-state index contributed by atoms with van der Waals surface area (Å²) >= 11 is 5.28. The van der Waals surface area contributed by atoms with E-state index in [2.05, 4.69) is 32.6 Å². The van der Waals surface area contributed by atoms with Crippen molar-refractivity contribution >= 4 is 45.3 Å². The predicted molar refractivity (Wildman–Crippen MR) is 111 cm³/mol. The van der Waals surface area contributed by atoms with E-state index in [0.717, 1.165) is 38.4 Å². The lowest BCUT2D eigenvalue weighted by Gasteiger charge is -2.26. The van der Waals surface area contributed by atoms with Crippen LogP contribution in [0.2, 0.25) is 0 Å². The van der Waals surface area contributed by atoms with E-state index in [1.54, 1.807) is 11.8 Å². The second-order valence-corrected chi connectivity index (χ2v) is 9.52. The van der Waals surface area contributed by atoms with Crippen LogP contribution in [0.1, 0.15) is 30.1 Å². The van der Waals surface area contributed by atoms with Gasteiger partial charge in [0.15, 0.2) is 0 Å². The Balaban J connectivity index is 1.34. The number of carbonyl (C=O) groups is 2. The first-order valence-corrected chi connectivity index (χ1v) is 11.1. The van der Waals surface area contributed by atoms with Gasteiger partial charge in [-0.25, -0.2) is 0 Å². The second kappa shape index (κ2) is 6.90. The van der Waals surface area contributed by atoms with Crippen LogP contribution in [0.3, 0.4) is 0 Å². The summed E-state index contributed by atoms with van der Waals surface area (Å²) in [4.78, 5) is 26.8. The predicted octanol–water partition coefficient (Wildman–Crippen LogP) is 3.78. The molecule has 5 nitrogen and oxygen atoms in total. The van der Waals surface area contributed by atoms with Crippen LogP contribution in [0, 0.1) is 0 Å². The third-order valence-corrected chi connectivity index (χ3v) is 7.43. The molecular formula is C21H19BrN2O3S. The number of halogens is 1. The summed E-state index contributed by atoms with van der Waals surface area (Å²) in [5.41, 5.74) is 2.18. The summed E-state index contributed by atoms with van der Waals surface area (Å²) in [5, 5.41) is 6.19. The van der Waals surface area contributed by atoms with Crippen LogP contribution in [0.4, 0.5) is 5.69 Å². The molecule has 2 aromatic carbocycles. The molecule has 1 fully saturated rings. The fraction of sp³-hybridized carbons (Fsp3) is 0.333. The summed E-state index contributed by atoms with van der Waals surface area (Å²) in [5.74, 6) is 0.597. The van der Waals surface area contributed by atoms with Crippen molar-refractivity contribution in [2.24, 2.45) is 0 Å². The fourth-order valence-corrected chi connectivity index (χ4v) is 6.03. The van der Waals surface area contributed by atoms with Gasteiger partial charge in [-0.1, -0.05) is 40.2 Å². The molecule has 3 aliphatic heterocycles. The molecule has 0 aliphatic carbocycles. The normalized spacial score (nSPS) is 28.0. The Kier molecular flexibility index (Phi) is 4.49. The van der Waals surface area contributed by atoms with Crippen molar-refractivity contribution in [1.29, 1.82) is 0 Å². The van der Waals surface area contributed by atoms with E-state index in [4.69, 9.17) is 4.74 Å². The molecule has 144 valence electrons. The van der Waals surface area contributed by atoms with E-state index in [1.807, 2.05) is 36.4 Å². The monoisotopic (exact) mass is 458 g/mol. The molecule has 2 N–H and O–H groups in total. The molecule has 1 amide bonds. The van der Waals surface area contributed by atoms with Crippen LogP contribution < -0.4 is 10.6 Å². The molecule has 1 saturated heterocycles. The third-order valence-electron chi connectivity index (χ3n) is 5.83. The molecule has 7 heteroatoms. The van der Waals surface area contributed by atoms with Crippen molar-refractivity contribution in [3.05, 3.63) is 58.1 Å². The van der Waals surface area contributed by atoms with Gasteiger partial charge in [0.25, 0.3) is 0 Å². The van der Waals surface area contributed by atoms with Crippen LogP contribution >= 0.6 is 27.7 Å². The summed E-state index contributed by atoms with van der Waals surface area (Å²) in [7, 11) is 0. The highest BCUT2D eigenvalue weighted by atomic mass is 79.9. The number of ether oxygens (including phenoxy) is 1. The van der Waals surface area contributed by atoms with E-state index < -0.39 is 11.5 Å². The van der Waals surface area contributed by atoms with Gasteiger partial charge in [0, 0.05) is 32.9 Å². The minimum atomic E-state index is -0.689. The Hall–Kier alpha value is -1.83. The Morgan fingerprint density at radius 2 is 2.11 bits per heavy atom. The van der Waals surface area contributed by atoms with E-state index in [1.165, 1.54) is 0 Å². The van der Waals surface area contributed by atoms with Crippen molar-refractivity contribution in [1.82, 2.24) is 5.32 Å². The summed E-state index contributed by atoms with van der Waals surface area (Å²) in [6, 6.07) is 13.3. The van der Waals surface area contributed by atoms with Gasteiger partial charge < -0.3 is 15.4 Å². The first-order chi connectivity index (χ1) is 13.6. The number of benzene rings is 2. The zero-order chi connectivity index (χ0) is 19.3. The third kappa shape index (κ3) is 2.88. The number of rotatable bonds is 2. The SMILES string of the molecule is O=C(OC1CCSc2cc(Br)ccc21)[C@H]1C[C@]2(CN1)C(=O)Nc1ccccc12. The van der Waals surface area contributed by atoms with Gasteiger partial charge in [-0.15, -0.1) is 11.8 Å². The number of para-hydroxylation sites is 1. The van der Waals surface area contributed by atoms with Gasteiger partial charge in [-0.05, 0) is 36.6 Å². The Labute approximate surface area is 175 Å². The molecule has 3 atom stereocenters. The van der Waals surface area contributed by atoms with Gasteiger partial charge in [0.2, 0.25) is 5.91 Å². The van der Waals surface area contributed by atoms with E-state index in [-0.39, 0.29) is 18.0 Å². The maximum atomic E-state index is 12.9. The molecule has 0 radical (unpaired) electrons. The number of hydrogen-bond donors (Lipinski definition) is 2. The topological polar surface area (TPSA) is 67.4 Å². The highest BCUT2D eigenvalue weighted by Gasteiger charge is 2.53. The Bertz CT molecular complexity index is 982. The van der Waals surface area contributed by atoms with Gasteiger partial charge in [-0.3, -0.25) is 9.59 Å². The van der Waals surface area contributed by atoms with Crippen LogP contribution in [0.5, 0.6) is 0 Å². The lowest BCUT2D eigenvalue weighted by molar-refractivity contribution is -0.152. The van der Waals surface area contributed by atoms with E-state index in [9.17, 15) is 9.59 Å². The molecule has 0 saturated carbocycles. The largest absolute Gasteiger partial charge is 0.456 e. The molecule has 0 aromatic heterocycles. The molecule has 2 aromatic rings. The van der Waals surface area contributed by atoms with Crippen LogP contribution in [-0.4, -0.2) is 30.2 Å². The van der Waals surface area contributed by atoms with Crippen LogP contribution in [0.25, 0.3) is 0 Å². The van der Waals surface area contributed by atoms with Gasteiger partial charge in [0.05, 0.1) is 5.41 Å². The number of anilines is 1. The molecule has 3 aliphatic rings. The second-order valence-electron chi connectivity index (χ2n) is 7.46. The summed E-state index contributed by atoms with van der Waals surface area (Å²) in [6.07, 6.45) is 0.982. The number of thioether (sulfide) groups is 1. The molecule has 1 spiro atoms. The molecule has 1 unspecified atom stereocenters. The lowest BCUT2D eigenvalue weighted by Crippen LogP contribution is -2.36. The van der Waals surface area contributed by atoms with E-state index >= 15 is 0 Å². The Morgan fingerprint density at radius 3 is 3.00 bits per heavy atom. The number of hydrogen-bond acceptors (Lipinski definition) is 5. The molecule has 3 heterocycles. The Morgan fingerprint density at radius 1 is 1.25 bits per heavy atom. The smallest absolute Gasteiger partial charge is 0.323 e. The number of amides is 1. The van der Waals surface area contributed by atoms with Crippen molar-refractivity contribution in [2.75, 3.05) is 17.6 Å². The lowest BCUT2D eigenvalue weighted by atomic mass is 9.79. The molecule has 5 rings (SSSR count). The minimum absolute atomic E-state index is 0.0410. The quantitative estimate of drug-likeness (QED) is 0.670. The first kappa shape index (κ1) is 18.2. The van der Waals surface area contributed by atoms with Crippen LogP contribution in [0.15, 0.2) is 51.8 Å². The van der Waals surface area contributed by atoms with Crippen molar-refractivity contribution in [2.45, 2.75) is 35.3 Å². The average Bonchev–Trinajstić information content (AvgIpc) is 3.25. The van der Waals surface area contributed by atoms with Crippen molar-refractivity contribution in [3.8, 4) is 0 Å². The number of nitrogens with one attached hydrogen (secondary N) is 2. The van der Waals surface area contributed by atoms with Gasteiger partial charge in [0.1, 0.15) is 12.1 Å². The zero-order valence-corrected chi connectivity index (χ0v) is 17.4. The summed E-state index contributed by atoms with van der Waals surface area (Å²) in [6.45, 7) is 0.444. The number of esters is 1. The first-order valence-electron chi connectivity index (χ1n) is 9.34. The standard InChI is InChI=1S/C21H19BrN2O3S/c22-12-5-6-13-17(7-8-28-18(13)9-12)27-19(25)16-10-21(11-23-16)14-3-1-2-4-15(14)24-20(21)26/h1-6,9,16-17,23H,7-8,10-11H2,(H,24,26)/t16-,17?,21-/m1/s1. The molecule has 0 bridgehead atoms. The highest BCUT2D eigenvalue weighted by molar-refractivity contribution is 9.10. The van der Waals surface area contributed by atoms with Crippen molar-refractivity contribution in [3.63, 3.8) is 0 Å². The number of fused-ring (bicyclic) bond motifs is 3. The van der Waals surface area contributed by atoms with E-state index in [0.29, 0.717) is 13.0 Å². The minimum Gasteiger partial charge on any atom is -0.456 e. The summed E-state index contributed by atoms with van der Waals surface area (Å²) < 4.78 is 6.93. The van der Waals surface area contributed by atoms with Gasteiger partial charge >= 0.3 is 5.97 Å². The average molecular weight is 459 g/mol. The van der Waals surface area contributed by atoms with Crippen molar-refractivity contribution < 1.29 is 14.3 Å². The maximum Gasteiger partial charge on any atom is 0.323 e. The fourth-order valence-electron chi connectivity index (χ4n) is 4.38. The maximum absolute atomic E-state index is 12.9. The highest BCUT2D eigenvalue weighted by Crippen LogP contribution is 2.44. The zero-order valence-electron chi connectivity index (χ0n) is 15.0. The number of carbonyl (C=O) groups excluding carboxylic acids is 2.